The smallest absolute Gasteiger partial charge is 0.0645 e. The molecule has 1 unspecified atom stereocenters. The summed E-state index contributed by atoms with van der Waals surface area (Å²) in [5.41, 5.74) is 0.501. The molecule has 1 fully saturated rings. The van der Waals surface area contributed by atoms with Crippen LogP contribution in [0.5, 0.6) is 0 Å². The summed E-state index contributed by atoms with van der Waals surface area (Å²) < 4.78 is 5.56. The standard InChI is InChI=1S/C13H27NOS/c1-12(2,3)11(9-16)8-14-6-7-15-10-13(14,4)5/h11,16H,6-10H2,1-5H3. The Hall–Kier alpha value is 0.270. The Morgan fingerprint density at radius 1 is 1.38 bits per heavy atom. The molecule has 0 aromatic heterocycles. The van der Waals surface area contributed by atoms with Gasteiger partial charge in [-0.2, -0.15) is 12.6 Å². The predicted molar refractivity (Wildman–Crippen MR) is 73.3 cm³/mol. The van der Waals surface area contributed by atoms with Crippen molar-refractivity contribution in [3.05, 3.63) is 0 Å². The van der Waals surface area contributed by atoms with E-state index in [2.05, 4.69) is 52.1 Å². The first-order valence-electron chi connectivity index (χ1n) is 6.21. The summed E-state index contributed by atoms with van der Waals surface area (Å²) in [6, 6.07) is 0. The van der Waals surface area contributed by atoms with E-state index >= 15 is 0 Å². The summed E-state index contributed by atoms with van der Waals surface area (Å²) in [7, 11) is 0. The molecular weight excluding hydrogens is 218 g/mol. The fraction of sp³-hybridized carbons (Fsp3) is 1.00. The van der Waals surface area contributed by atoms with Crippen molar-refractivity contribution >= 4 is 12.6 Å². The molecule has 1 aliphatic rings. The third-order valence-corrected chi connectivity index (χ3v) is 4.14. The Bertz CT molecular complexity index is 222. The van der Waals surface area contributed by atoms with E-state index in [1.54, 1.807) is 0 Å². The third kappa shape index (κ3) is 3.64. The molecule has 1 atom stereocenters. The van der Waals surface area contributed by atoms with Gasteiger partial charge >= 0.3 is 0 Å². The molecule has 2 nitrogen and oxygen atoms in total. The molecule has 0 amide bonds. The Labute approximate surface area is 106 Å². The van der Waals surface area contributed by atoms with Crippen molar-refractivity contribution in [2.75, 3.05) is 32.1 Å². The van der Waals surface area contributed by atoms with Gasteiger partial charge in [0.2, 0.25) is 0 Å². The van der Waals surface area contributed by atoms with E-state index in [-0.39, 0.29) is 5.54 Å². The number of ether oxygens (including phenoxy) is 1. The molecule has 1 saturated heterocycles. The molecule has 0 spiro atoms. The van der Waals surface area contributed by atoms with Crippen LogP contribution in [-0.2, 0) is 4.74 Å². The molecule has 0 radical (unpaired) electrons. The molecule has 0 aliphatic carbocycles. The van der Waals surface area contributed by atoms with Gasteiger partial charge in [-0.15, -0.1) is 0 Å². The van der Waals surface area contributed by atoms with Crippen LogP contribution in [0.2, 0.25) is 0 Å². The first kappa shape index (κ1) is 14.3. The average Bonchev–Trinajstić information content (AvgIpc) is 2.13. The highest BCUT2D eigenvalue weighted by Gasteiger charge is 2.34. The highest BCUT2D eigenvalue weighted by Crippen LogP contribution is 2.30. The number of nitrogens with zero attached hydrogens (tertiary/aromatic N) is 1. The fourth-order valence-electron chi connectivity index (χ4n) is 2.10. The van der Waals surface area contributed by atoms with Crippen molar-refractivity contribution in [3.8, 4) is 0 Å². The number of hydrogen-bond acceptors (Lipinski definition) is 3. The minimum Gasteiger partial charge on any atom is -0.378 e. The predicted octanol–water partition coefficient (Wildman–Crippen LogP) is 2.69. The molecule has 1 aliphatic heterocycles. The highest BCUT2D eigenvalue weighted by molar-refractivity contribution is 7.80. The maximum absolute atomic E-state index is 5.56. The maximum atomic E-state index is 5.56. The van der Waals surface area contributed by atoms with Gasteiger partial charge in [0.25, 0.3) is 0 Å². The molecular formula is C13H27NOS. The first-order chi connectivity index (χ1) is 7.27. The summed E-state index contributed by atoms with van der Waals surface area (Å²) in [5, 5.41) is 0. The molecule has 3 heteroatoms. The van der Waals surface area contributed by atoms with Gasteiger partial charge in [0.15, 0.2) is 0 Å². The van der Waals surface area contributed by atoms with Crippen LogP contribution in [0, 0.1) is 11.3 Å². The van der Waals surface area contributed by atoms with Gasteiger partial charge in [-0.25, -0.2) is 0 Å². The van der Waals surface area contributed by atoms with Gasteiger partial charge in [-0.1, -0.05) is 20.8 Å². The van der Waals surface area contributed by atoms with Crippen LogP contribution in [0.15, 0.2) is 0 Å². The summed E-state index contributed by atoms with van der Waals surface area (Å²) in [6.07, 6.45) is 0. The van der Waals surface area contributed by atoms with Gasteiger partial charge in [0.05, 0.1) is 13.2 Å². The Kier molecular flexibility index (Phi) is 4.73. The SMILES string of the molecule is CC(C)(C)C(CS)CN1CCOCC1(C)C. The van der Waals surface area contributed by atoms with Crippen LogP contribution in [0.1, 0.15) is 34.6 Å². The fourth-order valence-corrected chi connectivity index (χ4v) is 2.76. The molecule has 96 valence electrons. The summed E-state index contributed by atoms with van der Waals surface area (Å²) in [6.45, 7) is 15.3. The number of rotatable bonds is 3. The summed E-state index contributed by atoms with van der Waals surface area (Å²) in [4.78, 5) is 2.56. The lowest BCUT2D eigenvalue weighted by atomic mass is 9.81. The van der Waals surface area contributed by atoms with Crippen LogP contribution >= 0.6 is 12.6 Å². The molecule has 0 bridgehead atoms. The lowest BCUT2D eigenvalue weighted by Crippen LogP contribution is -2.55. The van der Waals surface area contributed by atoms with E-state index in [0.717, 1.165) is 32.1 Å². The van der Waals surface area contributed by atoms with Gasteiger partial charge in [0, 0.05) is 18.6 Å². The largest absolute Gasteiger partial charge is 0.378 e. The molecule has 16 heavy (non-hydrogen) atoms. The number of thiol groups is 1. The van der Waals surface area contributed by atoms with Crippen molar-refractivity contribution < 1.29 is 4.74 Å². The van der Waals surface area contributed by atoms with Gasteiger partial charge in [0.1, 0.15) is 0 Å². The number of hydrogen-bond donors (Lipinski definition) is 1. The zero-order valence-corrected chi connectivity index (χ0v) is 12.3. The highest BCUT2D eigenvalue weighted by atomic mass is 32.1. The van der Waals surface area contributed by atoms with E-state index in [0.29, 0.717) is 11.3 Å². The molecule has 0 aromatic carbocycles. The third-order valence-electron chi connectivity index (χ3n) is 3.70. The molecule has 0 aromatic rings. The second-order valence-corrected chi connectivity index (χ2v) is 6.92. The first-order valence-corrected chi connectivity index (χ1v) is 6.84. The van der Waals surface area contributed by atoms with Gasteiger partial charge in [-0.05, 0) is 30.9 Å². The second kappa shape index (κ2) is 5.28. The normalized spacial score (nSPS) is 24.4. The summed E-state index contributed by atoms with van der Waals surface area (Å²) >= 11 is 4.51. The topological polar surface area (TPSA) is 12.5 Å². The monoisotopic (exact) mass is 245 g/mol. The zero-order valence-electron chi connectivity index (χ0n) is 11.4. The van der Waals surface area contributed by atoms with E-state index in [4.69, 9.17) is 4.74 Å². The van der Waals surface area contributed by atoms with Gasteiger partial charge in [-0.3, -0.25) is 4.90 Å². The van der Waals surface area contributed by atoms with E-state index in [9.17, 15) is 0 Å². The van der Waals surface area contributed by atoms with Gasteiger partial charge < -0.3 is 4.74 Å². The number of morpholine rings is 1. The molecule has 0 saturated carbocycles. The Morgan fingerprint density at radius 2 is 2.00 bits per heavy atom. The van der Waals surface area contributed by atoms with Crippen molar-refractivity contribution in [2.24, 2.45) is 11.3 Å². The van der Waals surface area contributed by atoms with Crippen LogP contribution in [0.25, 0.3) is 0 Å². The van der Waals surface area contributed by atoms with Crippen LogP contribution in [0.4, 0.5) is 0 Å². The molecule has 1 heterocycles. The van der Waals surface area contributed by atoms with E-state index < -0.39 is 0 Å². The average molecular weight is 245 g/mol. The summed E-state index contributed by atoms with van der Waals surface area (Å²) in [5.74, 6) is 1.59. The van der Waals surface area contributed by atoms with Crippen molar-refractivity contribution in [3.63, 3.8) is 0 Å². The van der Waals surface area contributed by atoms with E-state index in [1.165, 1.54) is 0 Å². The maximum Gasteiger partial charge on any atom is 0.0645 e. The minimum absolute atomic E-state index is 0.171. The molecule has 1 rings (SSSR count). The quantitative estimate of drug-likeness (QED) is 0.768. The Morgan fingerprint density at radius 3 is 2.44 bits per heavy atom. The van der Waals surface area contributed by atoms with E-state index in [1.807, 2.05) is 0 Å². The minimum atomic E-state index is 0.171. The van der Waals surface area contributed by atoms with Crippen LogP contribution in [0.3, 0.4) is 0 Å². The van der Waals surface area contributed by atoms with Crippen molar-refractivity contribution in [1.29, 1.82) is 0 Å². The van der Waals surface area contributed by atoms with Crippen LogP contribution in [-0.4, -0.2) is 42.5 Å². The lowest BCUT2D eigenvalue weighted by molar-refractivity contribution is -0.0618. The lowest BCUT2D eigenvalue weighted by Gasteiger charge is -2.45. The van der Waals surface area contributed by atoms with Crippen LogP contribution < -0.4 is 0 Å². The zero-order chi connectivity index (χ0) is 12.4. The van der Waals surface area contributed by atoms with Crippen molar-refractivity contribution in [1.82, 2.24) is 4.90 Å². The molecule has 0 N–H and O–H groups in total. The van der Waals surface area contributed by atoms with Crippen molar-refractivity contribution in [2.45, 2.75) is 40.2 Å². The Balaban J connectivity index is 2.63. The second-order valence-electron chi connectivity index (χ2n) is 6.56.